The van der Waals surface area contributed by atoms with Crippen molar-refractivity contribution in [3.05, 3.63) is 35.9 Å². The highest BCUT2D eigenvalue weighted by Gasteiger charge is 2.40. The predicted octanol–water partition coefficient (Wildman–Crippen LogP) is 2.53. The van der Waals surface area contributed by atoms with E-state index in [2.05, 4.69) is 11.8 Å². The summed E-state index contributed by atoms with van der Waals surface area (Å²) in [5.41, 5.74) is 0.746. The average molecular weight is 303 g/mol. The van der Waals surface area contributed by atoms with Crippen LogP contribution in [0.15, 0.2) is 30.3 Å². The normalized spacial score (nSPS) is 25.2. The predicted molar refractivity (Wildman–Crippen MR) is 85.2 cm³/mol. The standard InChI is InChI=1S/C18H25NO3/c1-15-13-19(14-18(22-15)8-11-21-12-9-18)10-7-17(20)16-5-3-2-4-6-16/h2-6,15H,7-14H2,1H3. The molecule has 1 aromatic rings. The van der Waals surface area contributed by atoms with Crippen molar-refractivity contribution in [2.75, 3.05) is 32.8 Å². The Bertz CT molecular complexity index is 496. The van der Waals surface area contributed by atoms with Crippen LogP contribution < -0.4 is 0 Å². The third-order valence-electron chi connectivity index (χ3n) is 4.63. The molecule has 4 nitrogen and oxygen atoms in total. The second-order valence-electron chi connectivity index (χ2n) is 6.50. The van der Waals surface area contributed by atoms with Crippen molar-refractivity contribution >= 4 is 5.78 Å². The third-order valence-corrected chi connectivity index (χ3v) is 4.63. The quantitative estimate of drug-likeness (QED) is 0.801. The number of morpholine rings is 1. The summed E-state index contributed by atoms with van der Waals surface area (Å²) in [6.07, 6.45) is 2.71. The van der Waals surface area contributed by atoms with Crippen LogP contribution in [0.25, 0.3) is 0 Å². The van der Waals surface area contributed by atoms with Gasteiger partial charge in [0.2, 0.25) is 0 Å². The number of hydrogen-bond acceptors (Lipinski definition) is 4. The fraction of sp³-hybridized carbons (Fsp3) is 0.611. The molecule has 0 amide bonds. The molecule has 2 aliphatic heterocycles. The molecule has 1 atom stereocenters. The van der Waals surface area contributed by atoms with Gasteiger partial charge in [0.25, 0.3) is 0 Å². The highest BCUT2D eigenvalue weighted by molar-refractivity contribution is 5.96. The van der Waals surface area contributed by atoms with E-state index >= 15 is 0 Å². The number of carbonyl (C=O) groups excluding carboxylic acids is 1. The average Bonchev–Trinajstić information content (AvgIpc) is 2.53. The highest BCUT2D eigenvalue weighted by Crippen LogP contribution is 2.31. The van der Waals surface area contributed by atoms with Crippen LogP contribution in [-0.4, -0.2) is 55.2 Å². The molecule has 2 fully saturated rings. The molecule has 2 heterocycles. The van der Waals surface area contributed by atoms with Gasteiger partial charge in [0.05, 0.1) is 11.7 Å². The van der Waals surface area contributed by atoms with E-state index in [4.69, 9.17) is 9.47 Å². The Morgan fingerprint density at radius 3 is 2.73 bits per heavy atom. The molecule has 2 saturated heterocycles. The first-order chi connectivity index (χ1) is 10.7. The van der Waals surface area contributed by atoms with Gasteiger partial charge >= 0.3 is 0 Å². The Morgan fingerprint density at radius 2 is 2.00 bits per heavy atom. The van der Waals surface area contributed by atoms with E-state index in [1.807, 2.05) is 30.3 Å². The first-order valence-corrected chi connectivity index (χ1v) is 8.23. The molecule has 22 heavy (non-hydrogen) atoms. The second kappa shape index (κ2) is 6.90. The molecule has 3 rings (SSSR count). The summed E-state index contributed by atoms with van der Waals surface area (Å²) < 4.78 is 11.7. The molecule has 0 bridgehead atoms. The zero-order valence-corrected chi connectivity index (χ0v) is 13.3. The molecule has 2 aliphatic rings. The van der Waals surface area contributed by atoms with Gasteiger partial charge in [-0.25, -0.2) is 0 Å². The van der Waals surface area contributed by atoms with Crippen molar-refractivity contribution in [1.29, 1.82) is 0 Å². The lowest BCUT2D eigenvalue weighted by Gasteiger charge is -2.47. The number of hydrogen-bond donors (Lipinski definition) is 0. The number of nitrogens with zero attached hydrogens (tertiary/aromatic N) is 1. The molecule has 0 radical (unpaired) electrons. The summed E-state index contributed by atoms with van der Waals surface area (Å²) in [5.74, 6) is 0.223. The van der Waals surface area contributed by atoms with Gasteiger partial charge in [-0.1, -0.05) is 30.3 Å². The number of ketones is 1. The first-order valence-electron chi connectivity index (χ1n) is 8.23. The Kier molecular flexibility index (Phi) is 4.91. The lowest BCUT2D eigenvalue weighted by atomic mass is 9.91. The molecular formula is C18H25NO3. The van der Waals surface area contributed by atoms with Gasteiger partial charge in [-0.15, -0.1) is 0 Å². The van der Waals surface area contributed by atoms with Gasteiger partial charge in [-0.2, -0.15) is 0 Å². The van der Waals surface area contributed by atoms with Crippen molar-refractivity contribution in [3.8, 4) is 0 Å². The summed E-state index contributed by atoms with van der Waals surface area (Å²) in [6, 6.07) is 9.56. The molecule has 0 aliphatic carbocycles. The van der Waals surface area contributed by atoms with Crippen molar-refractivity contribution in [2.45, 2.75) is 37.9 Å². The monoisotopic (exact) mass is 303 g/mol. The number of carbonyl (C=O) groups is 1. The van der Waals surface area contributed by atoms with E-state index in [1.165, 1.54) is 0 Å². The first kappa shape index (κ1) is 15.7. The molecule has 120 valence electrons. The third kappa shape index (κ3) is 3.75. The largest absolute Gasteiger partial charge is 0.381 e. The minimum absolute atomic E-state index is 0.0638. The van der Waals surface area contributed by atoms with E-state index in [0.717, 1.165) is 51.3 Å². The van der Waals surface area contributed by atoms with Crippen molar-refractivity contribution in [3.63, 3.8) is 0 Å². The molecule has 0 saturated carbocycles. The fourth-order valence-corrected chi connectivity index (χ4v) is 3.55. The van der Waals surface area contributed by atoms with Crippen LogP contribution >= 0.6 is 0 Å². The van der Waals surface area contributed by atoms with Crippen LogP contribution in [0, 0.1) is 0 Å². The van der Waals surface area contributed by atoms with Gasteiger partial charge in [0.15, 0.2) is 5.78 Å². The van der Waals surface area contributed by atoms with E-state index < -0.39 is 0 Å². The second-order valence-corrected chi connectivity index (χ2v) is 6.50. The summed E-state index contributed by atoms with van der Waals surface area (Å²) >= 11 is 0. The van der Waals surface area contributed by atoms with E-state index in [9.17, 15) is 4.79 Å². The van der Waals surface area contributed by atoms with Crippen molar-refractivity contribution in [1.82, 2.24) is 4.90 Å². The maximum absolute atomic E-state index is 12.3. The van der Waals surface area contributed by atoms with Crippen LogP contribution in [0.5, 0.6) is 0 Å². The number of ether oxygens (including phenoxy) is 2. The topological polar surface area (TPSA) is 38.8 Å². The minimum Gasteiger partial charge on any atom is -0.381 e. The number of Topliss-reactive ketones (excluding diaryl/α,β-unsaturated/α-hetero) is 1. The number of rotatable bonds is 4. The Hall–Kier alpha value is -1.23. The van der Waals surface area contributed by atoms with Crippen molar-refractivity contribution in [2.24, 2.45) is 0 Å². The maximum Gasteiger partial charge on any atom is 0.164 e. The van der Waals surface area contributed by atoms with Gasteiger partial charge in [-0.3, -0.25) is 9.69 Å². The number of benzene rings is 1. The van der Waals surface area contributed by atoms with Crippen molar-refractivity contribution < 1.29 is 14.3 Å². The summed E-state index contributed by atoms with van der Waals surface area (Å²) in [7, 11) is 0. The van der Waals surface area contributed by atoms with Gasteiger partial charge in [0, 0.05) is 57.7 Å². The lowest BCUT2D eigenvalue weighted by Crippen LogP contribution is -2.57. The van der Waals surface area contributed by atoms with Gasteiger partial charge in [0.1, 0.15) is 0 Å². The Labute approximate surface area is 132 Å². The molecule has 0 N–H and O–H groups in total. The summed E-state index contributed by atoms with van der Waals surface area (Å²) in [5, 5.41) is 0. The minimum atomic E-state index is -0.0638. The molecule has 0 aromatic heterocycles. The highest BCUT2D eigenvalue weighted by atomic mass is 16.5. The van der Waals surface area contributed by atoms with Crippen LogP contribution in [0.4, 0.5) is 0 Å². The van der Waals surface area contributed by atoms with Gasteiger partial charge in [-0.05, 0) is 6.92 Å². The van der Waals surface area contributed by atoms with Crippen LogP contribution in [-0.2, 0) is 9.47 Å². The molecule has 1 unspecified atom stereocenters. The van der Waals surface area contributed by atoms with E-state index in [1.54, 1.807) is 0 Å². The molecule has 1 aromatic carbocycles. The van der Waals surface area contributed by atoms with Gasteiger partial charge < -0.3 is 9.47 Å². The fourth-order valence-electron chi connectivity index (χ4n) is 3.55. The SMILES string of the molecule is CC1CN(CCC(=O)c2ccccc2)CC2(CCOCC2)O1. The van der Waals surface area contributed by atoms with Crippen LogP contribution in [0.1, 0.15) is 36.5 Å². The molecule has 1 spiro atoms. The lowest BCUT2D eigenvalue weighted by molar-refractivity contribution is -0.183. The van der Waals surface area contributed by atoms with E-state index in [0.29, 0.717) is 6.42 Å². The zero-order valence-electron chi connectivity index (χ0n) is 13.3. The van der Waals surface area contributed by atoms with Crippen LogP contribution in [0.3, 0.4) is 0 Å². The zero-order chi connectivity index (χ0) is 15.4. The Balaban J connectivity index is 1.56. The summed E-state index contributed by atoms with van der Waals surface area (Å²) in [6.45, 7) is 6.33. The molecular weight excluding hydrogens is 278 g/mol. The van der Waals surface area contributed by atoms with E-state index in [-0.39, 0.29) is 17.5 Å². The summed E-state index contributed by atoms with van der Waals surface area (Å²) in [4.78, 5) is 14.6. The van der Waals surface area contributed by atoms with Crippen LogP contribution in [0.2, 0.25) is 0 Å². The maximum atomic E-state index is 12.3. The Morgan fingerprint density at radius 1 is 1.27 bits per heavy atom. The smallest absolute Gasteiger partial charge is 0.164 e. The molecule has 4 heteroatoms.